The van der Waals surface area contributed by atoms with E-state index in [0.717, 1.165) is 16.9 Å². The molecule has 7 heteroatoms. The summed E-state index contributed by atoms with van der Waals surface area (Å²) >= 11 is 1.41. The van der Waals surface area contributed by atoms with Crippen molar-refractivity contribution in [1.82, 2.24) is 14.8 Å². The second-order valence-corrected chi connectivity index (χ2v) is 6.37. The number of nitrogens with one attached hydrogen (secondary N) is 1. The van der Waals surface area contributed by atoms with E-state index in [1.165, 1.54) is 11.3 Å². The highest BCUT2D eigenvalue weighted by molar-refractivity contribution is 7.15. The average Bonchev–Trinajstić information content (AvgIpc) is 3.08. The zero-order valence-electron chi connectivity index (χ0n) is 12.1. The van der Waals surface area contributed by atoms with Gasteiger partial charge < -0.3 is 8.98 Å². The Morgan fingerprint density at radius 2 is 2.29 bits per heavy atom. The molecular formula is C14H16N4O2S. The van der Waals surface area contributed by atoms with Gasteiger partial charge >= 0.3 is 0 Å². The molecular weight excluding hydrogens is 288 g/mol. The van der Waals surface area contributed by atoms with E-state index in [1.807, 2.05) is 13.1 Å². The van der Waals surface area contributed by atoms with Crippen LogP contribution in [0, 0.1) is 5.92 Å². The van der Waals surface area contributed by atoms with Crippen LogP contribution in [-0.4, -0.2) is 20.7 Å². The Morgan fingerprint density at radius 3 is 3.00 bits per heavy atom. The highest BCUT2D eigenvalue weighted by Gasteiger charge is 2.17. The molecule has 0 fully saturated rings. The minimum Gasteiger partial charge on any atom is -0.463 e. The molecule has 0 radical (unpaired) electrons. The summed E-state index contributed by atoms with van der Waals surface area (Å²) in [5.41, 5.74) is 2.11. The van der Waals surface area contributed by atoms with Crippen LogP contribution in [0.2, 0.25) is 0 Å². The Balaban J connectivity index is 1.78. The van der Waals surface area contributed by atoms with Gasteiger partial charge in [0, 0.05) is 25.6 Å². The predicted molar refractivity (Wildman–Crippen MR) is 81.6 cm³/mol. The molecule has 110 valence electrons. The number of fused-ring (bicyclic) bond motifs is 1. The number of aryl methyl sites for hydroxylation is 1. The number of amides is 1. The van der Waals surface area contributed by atoms with Gasteiger partial charge in [0.25, 0.3) is 5.91 Å². The van der Waals surface area contributed by atoms with Gasteiger partial charge in [0.2, 0.25) is 5.13 Å². The molecule has 0 aliphatic heterocycles. The Labute approximate surface area is 125 Å². The first-order valence-electron chi connectivity index (χ1n) is 6.71. The third kappa shape index (κ3) is 2.69. The van der Waals surface area contributed by atoms with E-state index in [9.17, 15) is 4.79 Å². The first-order chi connectivity index (χ1) is 10.0. The molecule has 0 saturated heterocycles. The number of nitrogens with zero attached hydrogens (tertiary/aromatic N) is 3. The highest BCUT2D eigenvalue weighted by atomic mass is 32.1. The Hall–Kier alpha value is -2.15. The molecule has 3 aromatic heterocycles. The van der Waals surface area contributed by atoms with Crippen LogP contribution >= 0.6 is 11.3 Å². The van der Waals surface area contributed by atoms with Gasteiger partial charge in [-0.15, -0.1) is 10.2 Å². The van der Waals surface area contributed by atoms with Crippen molar-refractivity contribution in [3.63, 3.8) is 0 Å². The minimum absolute atomic E-state index is 0.212. The summed E-state index contributed by atoms with van der Waals surface area (Å²) in [5, 5.41) is 12.3. The van der Waals surface area contributed by atoms with Crippen molar-refractivity contribution in [2.75, 3.05) is 5.32 Å². The van der Waals surface area contributed by atoms with Crippen molar-refractivity contribution in [3.05, 3.63) is 29.1 Å². The van der Waals surface area contributed by atoms with Crippen LogP contribution < -0.4 is 5.32 Å². The summed E-state index contributed by atoms with van der Waals surface area (Å²) in [6.07, 6.45) is 2.47. The third-order valence-corrected chi connectivity index (χ3v) is 4.03. The molecule has 0 saturated carbocycles. The van der Waals surface area contributed by atoms with Crippen LogP contribution in [0.25, 0.3) is 11.1 Å². The Morgan fingerprint density at radius 1 is 1.48 bits per heavy atom. The number of rotatable bonds is 4. The van der Waals surface area contributed by atoms with Crippen molar-refractivity contribution in [2.24, 2.45) is 13.0 Å². The van der Waals surface area contributed by atoms with Crippen LogP contribution in [0.15, 0.2) is 22.8 Å². The molecule has 6 nitrogen and oxygen atoms in total. The first kappa shape index (κ1) is 13.8. The fourth-order valence-corrected chi connectivity index (χ4v) is 3.11. The molecule has 21 heavy (non-hydrogen) atoms. The number of furan rings is 1. The van der Waals surface area contributed by atoms with E-state index >= 15 is 0 Å². The molecule has 1 amide bonds. The summed E-state index contributed by atoms with van der Waals surface area (Å²) in [6.45, 7) is 4.25. The van der Waals surface area contributed by atoms with Gasteiger partial charge in [-0.3, -0.25) is 10.1 Å². The van der Waals surface area contributed by atoms with Crippen molar-refractivity contribution >= 4 is 33.5 Å². The second kappa shape index (κ2) is 5.33. The maximum atomic E-state index is 12.3. The highest BCUT2D eigenvalue weighted by Crippen LogP contribution is 2.22. The molecule has 0 aliphatic rings. The fraction of sp³-hybridized carbons (Fsp3) is 0.357. The van der Waals surface area contributed by atoms with Crippen molar-refractivity contribution in [2.45, 2.75) is 20.3 Å². The molecule has 0 spiro atoms. The van der Waals surface area contributed by atoms with Crippen molar-refractivity contribution in [3.8, 4) is 0 Å². The van der Waals surface area contributed by atoms with Gasteiger partial charge in [-0.2, -0.15) is 0 Å². The molecule has 1 N–H and O–H groups in total. The summed E-state index contributed by atoms with van der Waals surface area (Å²) < 4.78 is 7.10. The molecule has 3 aromatic rings. The van der Waals surface area contributed by atoms with E-state index in [4.69, 9.17) is 4.42 Å². The quantitative estimate of drug-likeness (QED) is 0.804. The van der Waals surface area contributed by atoms with E-state index in [0.29, 0.717) is 22.3 Å². The van der Waals surface area contributed by atoms with Crippen molar-refractivity contribution < 1.29 is 9.21 Å². The summed E-state index contributed by atoms with van der Waals surface area (Å²) in [7, 11) is 1.83. The maximum Gasteiger partial charge on any atom is 0.274 e. The van der Waals surface area contributed by atoms with Crippen LogP contribution in [0.1, 0.15) is 29.3 Å². The largest absolute Gasteiger partial charge is 0.463 e. The van der Waals surface area contributed by atoms with Crippen LogP contribution in [0.3, 0.4) is 0 Å². The lowest BCUT2D eigenvalue weighted by Crippen LogP contribution is -2.15. The number of aromatic nitrogens is 3. The number of carbonyl (C=O) groups is 1. The summed E-state index contributed by atoms with van der Waals surface area (Å²) in [6, 6.07) is 3.55. The number of anilines is 1. The molecule has 3 heterocycles. The van der Waals surface area contributed by atoms with Gasteiger partial charge in [-0.1, -0.05) is 25.2 Å². The number of carbonyl (C=O) groups excluding carboxylic acids is 1. The SMILES string of the molecule is CC(C)Cc1nnc(NC(=O)c2cc3occc3n2C)s1. The first-order valence-corrected chi connectivity index (χ1v) is 7.53. The van der Waals surface area contributed by atoms with E-state index < -0.39 is 0 Å². The third-order valence-electron chi connectivity index (χ3n) is 3.17. The molecule has 0 unspecified atom stereocenters. The van der Waals surface area contributed by atoms with Crippen LogP contribution in [0.5, 0.6) is 0 Å². The molecule has 0 aliphatic carbocycles. The normalized spacial score (nSPS) is 11.4. The standard InChI is InChI=1S/C14H16N4O2S/c1-8(2)6-12-16-17-14(21-12)15-13(19)10-7-11-9(18(10)3)4-5-20-11/h4-5,7-8H,6H2,1-3H3,(H,15,17,19). The van der Waals surface area contributed by atoms with Crippen LogP contribution in [-0.2, 0) is 13.5 Å². The van der Waals surface area contributed by atoms with Gasteiger partial charge in [0.05, 0.1) is 11.8 Å². The smallest absolute Gasteiger partial charge is 0.274 e. The average molecular weight is 304 g/mol. The zero-order chi connectivity index (χ0) is 15.0. The Bertz CT molecular complexity index is 784. The zero-order valence-corrected chi connectivity index (χ0v) is 12.9. The van der Waals surface area contributed by atoms with E-state index in [1.54, 1.807) is 16.9 Å². The van der Waals surface area contributed by atoms with Gasteiger partial charge in [0.15, 0.2) is 5.58 Å². The molecule has 0 aromatic carbocycles. The lowest BCUT2D eigenvalue weighted by molar-refractivity contribution is 0.101. The van der Waals surface area contributed by atoms with E-state index in [-0.39, 0.29) is 5.91 Å². The number of hydrogen-bond donors (Lipinski definition) is 1. The lowest BCUT2D eigenvalue weighted by atomic mass is 10.1. The van der Waals surface area contributed by atoms with Crippen molar-refractivity contribution in [1.29, 1.82) is 0 Å². The second-order valence-electron chi connectivity index (χ2n) is 5.31. The Kier molecular flexibility index (Phi) is 3.50. The lowest BCUT2D eigenvalue weighted by Gasteiger charge is -2.02. The summed E-state index contributed by atoms with van der Waals surface area (Å²) in [4.78, 5) is 12.3. The molecule has 0 bridgehead atoms. The molecule has 3 rings (SSSR count). The van der Waals surface area contributed by atoms with Crippen LogP contribution in [0.4, 0.5) is 5.13 Å². The summed E-state index contributed by atoms with van der Waals surface area (Å²) in [5.74, 6) is 0.303. The number of hydrogen-bond acceptors (Lipinski definition) is 5. The topological polar surface area (TPSA) is 73.0 Å². The predicted octanol–water partition coefficient (Wildman–Crippen LogP) is 3.07. The van der Waals surface area contributed by atoms with E-state index in [2.05, 4.69) is 29.4 Å². The maximum absolute atomic E-state index is 12.3. The van der Waals surface area contributed by atoms with Gasteiger partial charge in [-0.05, 0) is 5.92 Å². The van der Waals surface area contributed by atoms with Gasteiger partial charge in [-0.25, -0.2) is 0 Å². The monoisotopic (exact) mass is 304 g/mol. The van der Waals surface area contributed by atoms with Gasteiger partial charge in [0.1, 0.15) is 10.7 Å². The molecule has 0 atom stereocenters. The fourth-order valence-electron chi connectivity index (χ4n) is 2.16. The minimum atomic E-state index is -0.212.